The molecule has 5 heteroatoms. The third-order valence-corrected chi connectivity index (χ3v) is 4.44. The summed E-state index contributed by atoms with van der Waals surface area (Å²) in [5, 5.41) is 3.00. The molecule has 3 rings (SSSR count). The molecule has 0 bridgehead atoms. The first-order chi connectivity index (χ1) is 11.3. The molecule has 0 unspecified atom stereocenters. The normalized spacial score (nSPS) is 16.3. The van der Waals surface area contributed by atoms with Gasteiger partial charge in [0.25, 0.3) is 0 Å². The van der Waals surface area contributed by atoms with E-state index in [-0.39, 0.29) is 5.91 Å². The van der Waals surface area contributed by atoms with Gasteiger partial charge < -0.3 is 9.88 Å². The molecule has 1 N–H and O–H groups in total. The molecule has 0 aliphatic carbocycles. The van der Waals surface area contributed by atoms with Crippen LogP contribution in [0.5, 0.6) is 0 Å². The van der Waals surface area contributed by atoms with Crippen molar-refractivity contribution in [1.29, 1.82) is 0 Å². The van der Waals surface area contributed by atoms with Crippen molar-refractivity contribution in [3.8, 4) is 0 Å². The maximum Gasteiger partial charge on any atom is 0.234 e. The molecule has 1 aromatic carbocycles. The summed E-state index contributed by atoms with van der Waals surface area (Å²) in [5.41, 5.74) is 1.14. The summed E-state index contributed by atoms with van der Waals surface area (Å²) in [6.07, 6.45) is 8.01. The van der Waals surface area contributed by atoms with E-state index in [1.165, 1.54) is 0 Å². The fourth-order valence-electron chi connectivity index (χ4n) is 3.08. The van der Waals surface area contributed by atoms with Crippen LogP contribution in [0.4, 0.5) is 0 Å². The van der Waals surface area contributed by atoms with Gasteiger partial charge in [-0.25, -0.2) is 4.98 Å². The Morgan fingerprint density at radius 3 is 2.70 bits per heavy atom. The number of likely N-dealkylation sites (tertiary alicyclic amines) is 1. The van der Waals surface area contributed by atoms with Crippen molar-refractivity contribution >= 4 is 5.91 Å². The molecule has 5 nitrogen and oxygen atoms in total. The summed E-state index contributed by atoms with van der Waals surface area (Å²) >= 11 is 0. The third kappa shape index (κ3) is 4.93. The lowest BCUT2D eigenvalue weighted by molar-refractivity contribution is -0.122. The number of piperidine rings is 1. The van der Waals surface area contributed by atoms with Crippen LogP contribution in [0.1, 0.15) is 18.4 Å². The van der Waals surface area contributed by atoms with Gasteiger partial charge in [0.05, 0.1) is 12.9 Å². The van der Waals surface area contributed by atoms with Crippen LogP contribution in [-0.2, 0) is 17.9 Å². The first-order valence-electron chi connectivity index (χ1n) is 8.28. The molecule has 1 aromatic heterocycles. The number of aromatic nitrogens is 2. The smallest absolute Gasteiger partial charge is 0.234 e. The molecule has 0 atom stereocenters. The number of rotatable bonds is 6. The highest BCUT2D eigenvalue weighted by Crippen LogP contribution is 2.18. The first kappa shape index (κ1) is 15.7. The molecule has 122 valence electrons. The number of nitrogens with one attached hydrogen (secondary N) is 1. The molecule has 2 aromatic rings. The number of imidazole rings is 1. The van der Waals surface area contributed by atoms with Crippen molar-refractivity contribution in [2.24, 2.45) is 5.92 Å². The van der Waals surface area contributed by atoms with Crippen molar-refractivity contribution in [2.45, 2.75) is 25.9 Å². The lowest BCUT2D eigenvalue weighted by atomic mass is 9.97. The van der Waals surface area contributed by atoms with Gasteiger partial charge in [-0.05, 0) is 37.4 Å². The molecular formula is C18H24N4O. The van der Waals surface area contributed by atoms with Crippen LogP contribution in [0.3, 0.4) is 0 Å². The number of nitrogens with zero attached hydrogens (tertiary/aromatic N) is 3. The summed E-state index contributed by atoms with van der Waals surface area (Å²) in [4.78, 5) is 18.4. The average Bonchev–Trinajstić information content (AvgIpc) is 3.09. The number of carbonyl (C=O) groups excluding carboxylic acids is 1. The van der Waals surface area contributed by atoms with Gasteiger partial charge in [-0.3, -0.25) is 9.69 Å². The van der Waals surface area contributed by atoms with Crippen molar-refractivity contribution in [3.63, 3.8) is 0 Å². The maximum absolute atomic E-state index is 12.1. The highest BCUT2D eigenvalue weighted by atomic mass is 16.2. The first-order valence-corrected chi connectivity index (χ1v) is 8.28. The predicted octanol–water partition coefficient (Wildman–Crippen LogP) is 1.91. The van der Waals surface area contributed by atoms with Crippen LogP contribution in [0.25, 0.3) is 0 Å². The van der Waals surface area contributed by atoms with Gasteiger partial charge in [0.2, 0.25) is 5.91 Å². The van der Waals surface area contributed by atoms with Crippen LogP contribution in [0.2, 0.25) is 0 Å². The standard InChI is InChI=1S/C18H24N4O/c23-18(20-12-16-4-2-1-3-5-16)14-21-9-6-17(7-10-21)13-22-11-8-19-15-22/h1-5,8,11,15,17H,6-7,9-10,12-14H2,(H,20,23). The fraction of sp³-hybridized carbons (Fsp3) is 0.444. The number of benzene rings is 1. The van der Waals surface area contributed by atoms with E-state index >= 15 is 0 Å². The Kier molecular flexibility index (Phi) is 5.42. The molecule has 1 aliphatic heterocycles. The van der Waals surface area contributed by atoms with E-state index < -0.39 is 0 Å². The predicted molar refractivity (Wildman–Crippen MR) is 89.7 cm³/mol. The van der Waals surface area contributed by atoms with Crippen molar-refractivity contribution in [1.82, 2.24) is 19.8 Å². The summed E-state index contributed by atoms with van der Waals surface area (Å²) in [6, 6.07) is 10.0. The monoisotopic (exact) mass is 312 g/mol. The van der Waals surface area contributed by atoms with Gasteiger partial charge in [-0.15, -0.1) is 0 Å². The van der Waals surface area contributed by atoms with E-state index in [9.17, 15) is 4.79 Å². The number of hydrogen-bond donors (Lipinski definition) is 1. The second kappa shape index (κ2) is 7.92. The summed E-state index contributed by atoms with van der Waals surface area (Å²) in [7, 11) is 0. The highest BCUT2D eigenvalue weighted by Gasteiger charge is 2.20. The van der Waals surface area contributed by atoms with Gasteiger partial charge in [-0.2, -0.15) is 0 Å². The van der Waals surface area contributed by atoms with E-state index in [0.29, 0.717) is 19.0 Å². The summed E-state index contributed by atoms with van der Waals surface area (Å²) in [6.45, 7) is 4.14. The molecule has 23 heavy (non-hydrogen) atoms. The van der Waals surface area contributed by atoms with Crippen LogP contribution < -0.4 is 5.32 Å². The number of hydrogen-bond acceptors (Lipinski definition) is 3. The van der Waals surface area contributed by atoms with E-state index in [1.807, 2.05) is 49.1 Å². The minimum atomic E-state index is 0.113. The average molecular weight is 312 g/mol. The largest absolute Gasteiger partial charge is 0.351 e. The van der Waals surface area contributed by atoms with E-state index in [4.69, 9.17) is 0 Å². The summed E-state index contributed by atoms with van der Waals surface area (Å²) in [5.74, 6) is 0.801. The van der Waals surface area contributed by atoms with Crippen LogP contribution in [0, 0.1) is 5.92 Å². The SMILES string of the molecule is O=C(CN1CCC(Cn2ccnc2)CC1)NCc1ccccc1. The topological polar surface area (TPSA) is 50.2 Å². The maximum atomic E-state index is 12.1. The zero-order chi connectivity index (χ0) is 15.9. The molecule has 1 saturated heterocycles. The molecule has 1 amide bonds. The minimum Gasteiger partial charge on any atom is -0.351 e. The second-order valence-electron chi connectivity index (χ2n) is 6.24. The molecule has 0 spiro atoms. The van der Waals surface area contributed by atoms with Gasteiger partial charge in [0.15, 0.2) is 0 Å². The van der Waals surface area contributed by atoms with Crippen LogP contribution in [-0.4, -0.2) is 40.0 Å². The van der Waals surface area contributed by atoms with Crippen molar-refractivity contribution in [2.75, 3.05) is 19.6 Å². The molecule has 2 heterocycles. The van der Waals surface area contributed by atoms with Crippen molar-refractivity contribution < 1.29 is 4.79 Å². The van der Waals surface area contributed by atoms with Gasteiger partial charge >= 0.3 is 0 Å². The fourth-order valence-corrected chi connectivity index (χ4v) is 3.08. The lowest BCUT2D eigenvalue weighted by Crippen LogP contribution is -2.41. The van der Waals surface area contributed by atoms with Gasteiger partial charge in [0.1, 0.15) is 0 Å². The highest BCUT2D eigenvalue weighted by molar-refractivity contribution is 5.78. The Labute approximate surface area is 137 Å². The van der Waals surface area contributed by atoms with E-state index in [2.05, 4.69) is 19.8 Å². The molecule has 1 fully saturated rings. The Morgan fingerprint density at radius 1 is 1.22 bits per heavy atom. The quantitative estimate of drug-likeness (QED) is 0.886. The minimum absolute atomic E-state index is 0.113. The Hall–Kier alpha value is -2.14. The zero-order valence-corrected chi connectivity index (χ0v) is 13.4. The van der Waals surface area contributed by atoms with Gasteiger partial charge in [0, 0.05) is 25.5 Å². The number of carbonyl (C=O) groups is 1. The molecule has 1 aliphatic rings. The second-order valence-corrected chi connectivity index (χ2v) is 6.24. The van der Waals surface area contributed by atoms with Crippen LogP contribution >= 0.6 is 0 Å². The lowest BCUT2D eigenvalue weighted by Gasteiger charge is -2.31. The van der Waals surface area contributed by atoms with E-state index in [0.717, 1.165) is 38.0 Å². The Bertz CT molecular complexity index is 589. The molecule has 0 saturated carbocycles. The molecular weight excluding hydrogens is 288 g/mol. The van der Waals surface area contributed by atoms with Crippen molar-refractivity contribution in [3.05, 3.63) is 54.6 Å². The molecule has 0 radical (unpaired) electrons. The Morgan fingerprint density at radius 2 is 2.00 bits per heavy atom. The zero-order valence-electron chi connectivity index (χ0n) is 13.4. The number of amides is 1. The van der Waals surface area contributed by atoms with E-state index in [1.54, 1.807) is 0 Å². The Balaban J connectivity index is 1.36. The van der Waals surface area contributed by atoms with Gasteiger partial charge in [-0.1, -0.05) is 30.3 Å². The third-order valence-electron chi connectivity index (χ3n) is 4.44. The van der Waals surface area contributed by atoms with Crippen LogP contribution in [0.15, 0.2) is 49.1 Å². The summed E-state index contributed by atoms with van der Waals surface area (Å²) < 4.78 is 2.15.